The molecule has 0 radical (unpaired) electrons. The van der Waals surface area contributed by atoms with Gasteiger partial charge < -0.3 is 14.9 Å². The molecule has 1 fully saturated rings. The molecule has 1 aliphatic rings. The van der Waals surface area contributed by atoms with Crippen molar-refractivity contribution < 1.29 is 14.7 Å². The Morgan fingerprint density at radius 1 is 1.00 bits per heavy atom. The van der Waals surface area contributed by atoms with Crippen LogP contribution in [-0.4, -0.2) is 59.5 Å². The van der Waals surface area contributed by atoms with Gasteiger partial charge in [0, 0.05) is 19.0 Å². The predicted octanol–water partition coefficient (Wildman–Crippen LogP) is 2.07. The summed E-state index contributed by atoms with van der Waals surface area (Å²) in [7, 11) is 0. The number of nitrogens with zero attached hydrogens (tertiary/aromatic N) is 2. The Hall–Kier alpha value is -1.10. The molecule has 0 heterocycles. The van der Waals surface area contributed by atoms with Gasteiger partial charge >= 0.3 is 5.97 Å². The minimum atomic E-state index is -0.755. The van der Waals surface area contributed by atoms with Gasteiger partial charge in [-0.15, -0.1) is 0 Å². The number of hydrogen-bond donors (Lipinski definition) is 1. The molecule has 0 aromatic rings. The Morgan fingerprint density at radius 3 is 2.10 bits per heavy atom. The molecule has 0 aromatic heterocycles. The number of amides is 1. The molecule has 0 bridgehead atoms. The summed E-state index contributed by atoms with van der Waals surface area (Å²) >= 11 is 0. The van der Waals surface area contributed by atoms with E-state index in [0.29, 0.717) is 19.4 Å². The minimum absolute atomic E-state index is 0.0838. The molecule has 5 heteroatoms. The summed E-state index contributed by atoms with van der Waals surface area (Å²) in [6.07, 6.45) is 2.86. The number of carboxylic acids is 1. The van der Waals surface area contributed by atoms with E-state index in [1.807, 2.05) is 11.8 Å². The molecule has 5 nitrogen and oxygen atoms in total. The van der Waals surface area contributed by atoms with Crippen LogP contribution in [0.4, 0.5) is 0 Å². The average Bonchev–Trinajstić information content (AvgIpc) is 2.97. The predicted molar refractivity (Wildman–Crippen MR) is 83.1 cm³/mol. The molecule has 0 spiro atoms. The number of carbonyl (C=O) groups excluding carboxylic acids is 1. The van der Waals surface area contributed by atoms with Gasteiger partial charge in [-0.3, -0.25) is 9.59 Å². The van der Waals surface area contributed by atoms with Crippen LogP contribution in [0.5, 0.6) is 0 Å². The van der Waals surface area contributed by atoms with E-state index in [2.05, 4.69) is 18.7 Å². The molecule has 1 amide bonds. The van der Waals surface area contributed by atoms with Gasteiger partial charge in [-0.25, -0.2) is 0 Å². The molecule has 2 atom stereocenters. The van der Waals surface area contributed by atoms with Crippen molar-refractivity contribution in [2.24, 2.45) is 11.8 Å². The highest BCUT2D eigenvalue weighted by Crippen LogP contribution is 2.32. The number of rotatable bonds is 9. The van der Waals surface area contributed by atoms with Crippen molar-refractivity contribution >= 4 is 11.9 Å². The summed E-state index contributed by atoms with van der Waals surface area (Å²) in [5, 5.41) is 9.03. The van der Waals surface area contributed by atoms with Gasteiger partial charge in [0.25, 0.3) is 0 Å². The van der Waals surface area contributed by atoms with E-state index in [4.69, 9.17) is 5.11 Å². The van der Waals surface area contributed by atoms with Crippen LogP contribution < -0.4 is 0 Å². The monoisotopic (exact) mass is 298 g/mol. The maximum absolute atomic E-state index is 12.5. The molecule has 0 aromatic carbocycles. The number of hydrogen-bond acceptors (Lipinski definition) is 3. The van der Waals surface area contributed by atoms with Crippen molar-refractivity contribution in [1.82, 2.24) is 9.80 Å². The zero-order valence-electron chi connectivity index (χ0n) is 13.7. The number of carbonyl (C=O) groups is 2. The maximum atomic E-state index is 12.5. The van der Waals surface area contributed by atoms with E-state index in [0.717, 1.165) is 39.0 Å². The second-order valence-corrected chi connectivity index (χ2v) is 5.84. The summed E-state index contributed by atoms with van der Waals surface area (Å²) in [5.74, 6) is -1.01. The summed E-state index contributed by atoms with van der Waals surface area (Å²) in [6.45, 7) is 10.9. The van der Waals surface area contributed by atoms with Crippen molar-refractivity contribution in [3.63, 3.8) is 0 Å². The van der Waals surface area contributed by atoms with Crippen molar-refractivity contribution in [1.29, 1.82) is 0 Å². The van der Waals surface area contributed by atoms with Crippen molar-refractivity contribution in [2.75, 3.05) is 32.7 Å². The topological polar surface area (TPSA) is 60.9 Å². The first-order valence-corrected chi connectivity index (χ1v) is 8.27. The van der Waals surface area contributed by atoms with Crippen LogP contribution >= 0.6 is 0 Å². The molecular formula is C16H30N2O3. The fraction of sp³-hybridized carbons (Fsp3) is 0.875. The molecule has 1 saturated carbocycles. The Morgan fingerprint density at radius 2 is 1.62 bits per heavy atom. The van der Waals surface area contributed by atoms with Crippen LogP contribution in [0.25, 0.3) is 0 Å². The highest BCUT2D eigenvalue weighted by Gasteiger charge is 2.35. The van der Waals surface area contributed by atoms with Gasteiger partial charge in [-0.2, -0.15) is 0 Å². The van der Waals surface area contributed by atoms with Gasteiger partial charge in [0.05, 0.1) is 5.92 Å². The second-order valence-electron chi connectivity index (χ2n) is 5.84. The Balaban J connectivity index is 2.41. The molecule has 0 saturated heterocycles. The second kappa shape index (κ2) is 9.03. The third-order valence-corrected chi connectivity index (χ3v) is 4.62. The highest BCUT2D eigenvalue weighted by atomic mass is 16.4. The lowest BCUT2D eigenvalue weighted by Gasteiger charge is -2.26. The van der Waals surface area contributed by atoms with Crippen LogP contribution in [0.2, 0.25) is 0 Å². The van der Waals surface area contributed by atoms with E-state index in [-0.39, 0.29) is 17.7 Å². The third kappa shape index (κ3) is 5.30. The van der Waals surface area contributed by atoms with E-state index in [1.165, 1.54) is 0 Å². The third-order valence-electron chi connectivity index (χ3n) is 4.62. The SMILES string of the molecule is CCN(CC)CCCN(CC)C(=O)C1CCC(C(=O)O)C1. The van der Waals surface area contributed by atoms with Crippen molar-refractivity contribution in [3.05, 3.63) is 0 Å². The smallest absolute Gasteiger partial charge is 0.306 e. The Kier molecular flexibility index (Phi) is 7.72. The van der Waals surface area contributed by atoms with Crippen molar-refractivity contribution in [3.8, 4) is 0 Å². The maximum Gasteiger partial charge on any atom is 0.306 e. The van der Waals surface area contributed by atoms with Gasteiger partial charge in [-0.1, -0.05) is 13.8 Å². The van der Waals surface area contributed by atoms with Crippen LogP contribution in [-0.2, 0) is 9.59 Å². The van der Waals surface area contributed by atoms with E-state index in [1.54, 1.807) is 0 Å². The van der Waals surface area contributed by atoms with Crippen LogP contribution in [0, 0.1) is 11.8 Å². The number of aliphatic carboxylic acids is 1. The van der Waals surface area contributed by atoms with E-state index >= 15 is 0 Å². The first-order chi connectivity index (χ1) is 10.0. The molecular weight excluding hydrogens is 268 g/mol. The van der Waals surface area contributed by atoms with Crippen molar-refractivity contribution in [2.45, 2.75) is 46.5 Å². The minimum Gasteiger partial charge on any atom is -0.481 e. The molecule has 122 valence electrons. The normalized spacial score (nSPS) is 21.7. The number of carboxylic acid groups (broad SMARTS) is 1. The Bertz CT molecular complexity index is 342. The molecule has 2 unspecified atom stereocenters. The van der Waals surface area contributed by atoms with Gasteiger partial charge in [0.15, 0.2) is 0 Å². The fourth-order valence-corrected chi connectivity index (χ4v) is 3.14. The lowest BCUT2D eigenvalue weighted by Crippen LogP contribution is -2.37. The average molecular weight is 298 g/mol. The first-order valence-electron chi connectivity index (χ1n) is 8.27. The quantitative estimate of drug-likeness (QED) is 0.708. The standard InChI is InChI=1S/C16H30N2O3/c1-4-17(5-2)10-7-11-18(6-3)15(19)13-8-9-14(12-13)16(20)21/h13-14H,4-12H2,1-3H3,(H,20,21). The summed E-state index contributed by atoms with van der Waals surface area (Å²) in [6, 6.07) is 0. The lowest BCUT2D eigenvalue weighted by atomic mass is 10.0. The van der Waals surface area contributed by atoms with E-state index < -0.39 is 5.97 Å². The van der Waals surface area contributed by atoms with Crippen LogP contribution in [0.1, 0.15) is 46.5 Å². The summed E-state index contributed by atoms with van der Waals surface area (Å²) in [4.78, 5) is 27.7. The van der Waals surface area contributed by atoms with Gasteiger partial charge in [-0.05, 0) is 52.2 Å². The van der Waals surface area contributed by atoms with Gasteiger partial charge in [0.1, 0.15) is 0 Å². The summed E-state index contributed by atoms with van der Waals surface area (Å²) < 4.78 is 0. The molecule has 21 heavy (non-hydrogen) atoms. The molecule has 1 aliphatic carbocycles. The van der Waals surface area contributed by atoms with Crippen LogP contribution in [0.3, 0.4) is 0 Å². The molecule has 1 rings (SSSR count). The highest BCUT2D eigenvalue weighted by molar-refractivity contribution is 5.81. The van der Waals surface area contributed by atoms with Gasteiger partial charge in [0.2, 0.25) is 5.91 Å². The largest absolute Gasteiger partial charge is 0.481 e. The fourth-order valence-electron chi connectivity index (χ4n) is 3.14. The van der Waals surface area contributed by atoms with E-state index in [9.17, 15) is 9.59 Å². The lowest BCUT2D eigenvalue weighted by molar-refractivity contribution is -0.141. The first kappa shape index (κ1) is 18.0. The molecule has 1 N–H and O–H groups in total. The summed E-state index contributed by atoms with van der Waals surface area (Å²) in [5.41, 5.74) is 0. The van der Waals surface area contributed by atoms with Crippen LogP contribution in [0.15, 0.2) is 0 Å². The Labute approximate surface area is 128 Å². The molecule has 0 aliphatic heterocycles. The zero-order chi connectivity index (χ0) is 15.8. The zero-order valence-corrected chi connectivity index (χ0v) is 13.7.